The summed E-state index contributed by atoms with van der Waals surface area (Å²) in [6.07, 6.45) is 2.67. The summed E-state index contributed by atoms with van der Waals surface area (Å²) in [6.45, 7) is 4.97. The van der Waals surface area contributed by atoms with Crippen LogP contribution < -0.4 is 0 Å². The molecular formula is C24H25NO4. The van der Waals surface area contributed by atoms with Crippen LogP contribution in [0.1, 0.15) is 29.9 Å². The summed E-state index contributed by atoms with van der Waals surface area (Å²) in [4.78, 5) is 26.4. The van der Waals surface area contributed by atoms with Gasteiger partial charge in [0.1, 0.15) is 13.2 Å². The summed E-state index contributed by atoms with van der Waals surface area (Å²) in [6, 6.07) is 16.5. The number of hydrogen-bond donors (Lipinski definition) is 0. The fourth-order valence-electron chi connectivity index (χ4n) is 4.28. The Morgan fingerprint density at radius 3 is 2.34 bits per heavy atom. The van der Waals surface area contributed by atoms with Crippen LogP contribution in [0, 0.1) is 5.92 Å². The second-order valence-corrected chi connectivity index (χ2v) is 7.51. The topological polar surface area (TPSA) is 55.8 Å². The Balaban J connectivity index is 1.41. The third-order valence-electron chi connectivity index (χ3n) is 5.69. The van der Waals surface area contributed by atoms with E-state index >= 15 is 0 Å². The molecular weight excluding hydrogens is 366 g/mol. The Kier molecular flexibility index (Phi) is 5.65. The number of amides is 1. The highest BCUT2D eigenvalue weighted by atomic mass is 16.6. The van der Waals surface area contributed by atoms with Crippen molar-refractivity contribution in [3.63, 3.8) is 0 Å². The minimum atomic E-state index is -0.368. The van der Waals surface area contributed by atoms with Gasteiger partial charge in [0, 0.05) is 19.0 Å². The monoisotopic (exact) mass is 391 g/mol. The van der Waals surface area contributed by atoms with Crippen LogP contribution in [0.15, 0.2) is 61.2 Å². The molecule has 1 fully saturated rings. The van der Waals surface area contributed by atoms with E-state index in [1.807, 2.05) is 24.3 Å². The summed E-state index contributed by atoms with van der Waals surface area (Å²) in [5, 5.41) is 0. The molecule has 5 nitrogen and oxygen atoms in total. The van der Waals surface area contributed by atoms with Gasteiger partial charge >= 0.3 is 12.1 Å². The van der Waals surface area contributed by atoms with Gasteiger partial charge in [-0.2, -0.15) is 0 Å². The van der Waals surface area contributed by atoms with Gasteiger partial charge in [-0.1, -0.05) is 61.2 Å². The number of carbonyl (C=O) groups is 2. The molecule has 150 valence electrons. The van der Waals surface area contributed by atoms with Crippen molar-refractivity contribution in [2.24, 2.45) is 5.92 Å². The van der Waals surface area contributed by atoms with Gasteiger partial charge in [0.2, 0.25) is 0 Å². The smallest absolute Gasteiger partial charge is 0.409 e. The van der Waals surface area contributed by atoms with Crippen LogP contribution >= 0.6 is 0 Å². The van der Waals surface area contributed by atoms with E-state index in [2.05, 4.69) is 30.8 Å². The molecule has 0 spiro atoms. The van der Waals surface area contributed by atoms with Gasteiger partial charge in [-0.3, -0.25) is 4.79 Å². The van der Waals surface area contributed by atoms with E-state index in [9.17, 15) is 9.59 Å². The lowest BCUT2D eigenvalue weighted by Gasteiger charge is -2.31. The molecule has 0 radical (unpaired) electrons. The molecule has 1 aliphatic carbocycles. The maximum atomic E-state index is 12.7. The first-order valence-corrected chi connectivity index (χ1v) is 10.1. The molecule has 0 N–H and O–H groups in total. The molecule has 1 saturated heterocycles. The first-order chi connectivity index (χ1) is 14.2. The molecule has 5 heteroatoms. The summed E-state index contributed by atoms with van der Waals surface area (Å²) >= 11 is 0. The SMILES string of the molecule is C=CCOC(=O)C1CCCN(C(=O)OCC2c3ccccc3-c3ccccc32)C1. The van der Waals surface area contributed by atoms with Crippen molar-refractivity contribution < 1.29 is 19.1 Å². The average Bonchev–Trinajstić information content (AvgIpc) is 3.09. The molecule has 0 bridgehead atoms. The van der Waals surface area contributed by atoms with Gasteiger partial charge in [0.25, 0.3) is 0 Å². The van der Waals surface area contributed by atoms with Crippen LogP contribution in [0.25, 0.3) is 11.1 Å². The summed E-state index contributed by atoms with van der Waals surface area (Å²) in [5.74, 6) is -0.547. The Hall–Kier alpha value is -3.08. The lowest BCUT2D eigenvalue weighted by Crippen LogP contribution is -2.43. The minimum absolute atomic E-state index is 0.0319. The fourth-order valence-corrected chi connectivity index (χ4v) is 4.28. The van der Waals surface area contributed by atoms with E-state index in [4.69, 9.17) is 9.47 Å². The number of carbonyl (C=O) groups excluding carboxylic acids is 2. The van der Waals surface area contributed by atoms with Crippen LogP contribution in [0.4, 0.5) is 4.79 Å². The minimum Gasteiger partial charge on any atom is -0.461 e. The van der Waals surface area contributed by atoms with Crippen LogP contribution in [0.3, 0.4) is 0 Å². The summed E-state index contributed by atoms with van der Waals surface area (Å²) in [5.41, 5.74) is 4.77. The maximum absolute atomic E-state index is 12.7. The standard InChI is InChI=1S/C24H25NO4/c1-2-14-28-23(26)17-8-7-13-25(15-17)24(27)29-16-22-20-11-5-3-9-18(20)19-10-4-6-12-21(19)22/h2-6,9-12,17,22H,1,7-8,13-16H2. The lowest BCUT2D eigenvalue weighted by atomic mass is 9.98. The molecule has 2 aliphatic rings. The van der Waals surface area contributed by atoms with E-state index in [0.29, 0.717) is 13.1 Å². The van der Waals surface area contributed by atoms with E-state index < -0.39 is 0 Å². The van der Waals surface area contributed by atoms with Crippen molar-refractivity contribution in [3.8, 4) is 11.1 Å². The van der Waals surface area contributed by atoms with E-state index in [0.717, 1.165) is 12.8 Å². The van der Waals surface area contributed by atoms with E-state index in [1.54, 1.807) is 11.0 Å². The quantitative estimate of drug-likeness (QED) is 0.561. The third-order valence-corrected chi connectivity index (χ3v) is 5.69. The van der Waals surface area contributed by atoms with Gasteiger partial charge < -0.3 is 14.4 Å². The molecule has 1 atom stereocenters. The molecule has 1 heterocycles. The van der Waals surface area contributed by atoms with Crippen molar-refractivity contribution in [1.29, 1.82) is 0 Å². The number of nitrogens with zero attached hydrogens (tertiary/aromatic N) is 1. The molecule has 1 unspecified atom stereocenters. The Morgan fingerprint density at radius 2 is 1.69 bits per heavy atom. The highest BCUT2D eigenvalue weighted by Crippen LogP contribution is 2.44. The van der Waals surface area contributed by atoms with Gasteiger partial charge in [0.15, 0.2) is 0 Å². The first kappa shape index (κ1) is 19.2. The molecule has 0 saturated carbocycles. The highest BCUT2D eigenvalue weighted by Gasteiger charge is 2.32. The lowest BCUT2D eigenvalue weighted by molar-refractivity contribution is -0.148. The van der Waals surface area contributed by atoms with Crippen LogP contribution in [-0.4, -0.2) is 43.3 Å². The predicted molar refractivity (Wildman–Crippen MR) is 111 cm³/mol. The normalized spacial score (nSPS) is 17.9. The first-order valence-electron chi connectivity index (χ1n) is 10.1. The largest absolute Gasteiger partial charge is 0.461 e. The molecule has 1 amide bonds. The Morgan fingerprint density at radius 1 is 1.03 bits per heavy atom. The molecule has 1 aliphatic heterocycles. The number of likely N-dealkylation sites (tertiary alicyclic amines) is 1. The predicted octanol–water partition coefficient (Wildman–Crippen LogP) is 4.38. The van der Waals surface area contributed by atoms with Crippen LogP contribution in [0.2, 0.25) is 0 Å². The van der Waals surface area contributed by atoms with Crippen LogP contribution in [-0.2, 0) is 14.3 Å². The zero-order valence-corrected chi connectivity index (χ0v) is 16.4. The fraction of sp³-hybridized carbons (Fsp3) is 0.333. The number of rotatable bonds is 5. The van der Waals surface area contributed by atoms with Gasteiger partial charge in [-0.25, -0.2) is 4.79 Å². The zero-order chi connectivity index (χ0) is 20.2. The van der Waals surface area contributed by atoms with Gasteiger partial charge in [0.05, 0.1) is 5.92 Å². The number of hydrogen-bond acceptors (Lipinski definition) is 4. The third kappa shape index (κ3) is 3.90. The van der Waals surface area contributed by atoms with Crippen LogP contribution in [0.5, 0.6) is 0 Å². The maximum Gasteiger partial charge on any atom is 0.409 e. The number of esters is 1. The number of fused-ring (bicyclic) bond motifs is 3. The van der Waals surface area contributed by atoms with Gasteiger partial charge in [-0.05, 0) is 35.1 Å². The molecule has 2 aromatic carbocycles. The molecule has 4 rings (SSSR count). The Bertz CT molecular complexity index is 877. The van der Waals surface area contributed by atoms with E-state index in [-0.39, 0.29) is 37.1 Å². The second kappa shape index (κ2) is 8.52. The second-order valence-electron chi connectivity index (χ2n) is 7.51. The average molecular weight is 391 g/mol. The zero-order valence-electron chi connectivity index (χ0n) is 16.4. The molecule has 29 heavy (non-hydrogen) atoms. The van der Waals surface area contributed by atoms with Crippen molar-refractivity contribution in [2.45, 2.75) is 18.8 Å². The molecule has 2 aromatic rings. The van der Waals surface area contributed by atoms with Crippen molar-refractivity contribution in [3.05, 3.63) is 72.3 Å². The van der Waals surface area contributed by atoms with Crippen molar-refractivity contribution >= 4 is 12.1 Å². The number of benzene rings is 2. The highest BCUT2D eigenvalue weighted by molar-refractivity contribution is 5.79. The van der Waals surface area contributed by atoms with E-state index in [1.165, 1.54) is 22.3 Å². The molecule has 0 aromatic heterocycles. The van der Waals surface area contributed by atoms with Crippen molar-refractivity contribution in [2.75, 3.05) is 26.3 Å². The summed E-state index contributed by atoms with van der Waals surface area (Å²) < 4.78 is 10.8. The Labute approximate surface area is 170 Å². The van der Waals surface area contributed by atoms with Gasteiger partial charge in [-0.15, -0.1) is 0 Å². The van der Waals surface area contributed by atoms with Crippen molar-refractivity contribution in [1.82, 2.24) is 4.90 Å². The number of piperidine rings is 1. The summed E-state index contributed by atoms with van der Waals surface area (Å²) in [7, 11) is 0. The number of ether oxygens (including phenoxy) is 2.